The number of benzene rings is 2. The Bertz CT molecular complexity index is 905. The highest BCUT2D eigenvalue weighted by atomic mass is 32.2. The fourth-order valence-corrected chi connectivity index (χ4v) is 3.44. The number of amides is 1. The predicted octanol–water partition coefficient (Wildman–Crippen LogP) is 4.48. The fraction of sp³-hybridized carbons (Fsp3) is 0.250. The van der Waals surface area contributed by atoms with E-state index >= 15 is 0 Å². The van der Waals surface area contributed by atoms with Crippen LogP contribution in [0.4, 0.5) is 0 Å². The Morgan fingerprint density at radius 2 is 2.00 bits per heavy atom. The van der Waals surface area contributed by atoms with Crippen LogP contribution in [0.3, 0.4) is 0 Å². The van der Waals surface area contributed by atoms with Crippen LogP contribution in [-0.4, -0.2) is 21.3 Å². The van der Waals surface area contributed by atoms with Crippen molar-refractivity contribution in [2.24, 2.45) is 0 Å². The van der Waals surface area contributed by atoms with Gasteiger partial charge in [0.1, 0.15) is 0 Å². The normalized spacial score (nSPS) is 10.9. The largest absolute Gasteiger partial charge is 0.343 e. The molecule has 0 atom stereocenters. The third-order valence-corrected chi connectivity index (χ3v) is 4.72. The number of nitrogens with one attached hydrogen (secondary N) is 1. The van der Waals surface area contributed by atoms with Gasteiger partial charge in [-0.2, -0.15) is 4.98 Å². The first kappa shape index (κ1) is 18.2. The lowest BCUT2D eigenvalue weighted by Gasteiger charge is -2.10. The van der Waals surface area contributed by atoms with Crippen LogP contribution >= 0.6 is 11.8 Å². The molecule has 134 valence electrons. The predicted molar refractivity (Wildman–Crippen MR) is 103 cm³/mol. The van der Waals surface area contributed by atoms with Gasteiger partial charge in [0, 0.05) is 15.7 Å². The molecule has 0 saturated carbocycles. The molecule has 1 aromatic heterocycles. The maximum Gasteiger partial charge on any atom is 0.252 e. The van der Waals surface area contributed by atoms with Crippen LogP contribution in [0, 0.1) is 6.92 Å². The lowest BCUT2D eigenvalue weighted by atomic mass is 10.1. The van der Waals surface area contributed by atoms with Crippen LogP contribution in [0.1, 0.15) is 35.7 Å². The van der Waals surface area contributed by atoms with E-state index in [1.165, 1.54) is 0 Å². The number of nitrogens with zero attached hydrogens (tertiary/aromatic N) is 2. The van der Waals surface area contributed by atoms with E-state index < -0.39 is 0 Å². The van der Waals surface area contributed by atoms with Gasteiger partial charge in [0.25, 0.3) is 5.91 Å². The van der Waals surface area contributed by atoms with Gasteiger partial charge in [0.15, 0.2) is 0 Å². The standard InChI is InChI=1S/C20H21N3O2S/c1-13(2)26-17-10-5-4-9-16(17)20(24)21-12-18-22-19(23-25-18)15-8-6-7-14(3)11-15/h4-11,13H,12H2,1-3H3,(H,21,24). The smallest absolute Gasteiger partial charge is 0.252 e. The van der Waals surface area contributed by atoms with Crippen LogP contribution in [0.25, 0.3) is 11.4 Å². The van der Waals surface area contributed by atoms with Crippen LogP contribution in [0.5, 0.6) is 0 Å². The highest BCUT2D eigenvalue weighted by molar-refractivity contribution is 8.00. The lowest BCUT2D eigenvalue weighted by molar-refractivity contribution is 0.0943. The third-order valence-electron chi connectivity index (χ3n) is 3.64. The van der Waals surface area contributed by atoms with Crippen molar-refractivity contribution in [3.8, 4) is 11.4 Å². The number of hydrogen-bond donors (Lipinski definition) is 1. The molecular formula is C20H21N3O2S. The number of rotatable bonds is 6. The Morgan fingerprint density at radius 1 is 1.19 bits per heavy atom. The van der Waals surface area contributed by atoms with E-state index in [2.05, 4.69) is 29.3 Å². The molecule has 1 heterocycles. The van der Waals surface area contributed by atoms with Crippen molar-refractivity contribution in [3.05, 3.63) is 65.5 Å². The van der Waals surface area contributed by atoms with Gasteiger partial charge >= 0.3 is 0 Å². The van der Waals surface area contributed by atoms with E-state index in [-0.39, 0.29) is 12.5 Å². The van der Waals surface area contributed by atoms with E-state index in [0.717, 1.165) is 16.0 Å². The minimum Gasteiger partial charge on any atom is -0.343 e. The molecule has 1 amide bonds. The van der Waals surface area contributed by atoms with E-state index in [1.807, 2.05) is 55.5 Å². The van der Waals surface area contributed by atoms with Gasteiger partial charge in [-0.3, -0.25) is 4.79 Å². The van der Waals surface area contributed by atoms with E-state index in [9.17, 15) is 4.79 Å². The van der Waals surface area contributed by atoms with Crippen molar-refractivity contribution in [1.82, 2.24) is 15.5 Å². The highest BCUT2D eigenvalue weighted by Gasteiger charge is 2.14. The lowest BCUT2D eigenvalue weighted by Crippen LogP contribution is -2.23. The van der Waals surface area contributed by atoms with E-state index in [0.29, 0.717) is 22.5 Å². The molecule has 2 aromatic carbocycles. The number of hydrogen-bond acceptors (Lipinski definition) is 5. The van der Waals surface area contributed by atoms with Gasteiger partial charge in [0.05, 0.1) is 12.1 Å². The van der Waals surface area contributed by atoms with E-state index in [4.69, 9.17) is 4.52 Å². The molecular weight excluding hydrogens is 346 g/mol. The van der Waals surface area contributed by atoms with Gasteiger partial charge in [-0.1, -0.05) is 54.9 Å². The summed E-state index contributed by atoms with van der Waals surface area (Å²) in [6, 6.07) is 15.5. The summed E-state index contributed by atoms with van der Waals surface area (Å²) in [5.74, 6) is 0.751. The zero-order valence-corrected chi connectivity index (χ0v) is 15.8. The Morgan fingerprint density at radius 3 is 2.77 bits per heavy atom. The SMILES string of the molecule is Cc1cccc(-c2noc(CNC(=O)c3ccccc3SC(C)C)n2)c1. The molecule has 5 nitrogen and oxygen atoms in total. The first-order valence-corrected chi connectivity index (χ1v) is 9.34. The van der Waals surface area contributed by atoms with Crippen molar-refractivity contribution in [1.29, 1.82) is 0 Å². The molecule has 0 unspecified atom stereocenters. The molecule has 0 aliphatic rings. The Kier molecular flexibility index (Phi) is 5.73. The quantitative estimate of drug-likeness (QED) is 0.651. The maximum atomic E-state index is 12.5. The molecule has 6 heteroatoms. The summed E-state index contributed by atoms with van der Waals surface area (Å²) in [4.78, 5) is 17.9. The third kappa shape index (κ3) is 4.52. The molecule has 0 aliphatic carbocycles. The molecule has 0 spiro atoms. The second-order valence-electron chi connectivity index (χ2n) is 6.23. The van der Waals surface area contributed by atoms with Crippen LogP contribution in [-0.2, 0) is 6.54 Å². The van der Waals surface area contributed by atoms with Crippen molar-refractivity contribution in [2.45, 2.75) is 37.5 Å². The molecule has 0 saturated heterocycles. The molecule has 0 radical (unpaired) electrons. The summed E-state index contributed by atoms with van der Waals surface area (Å²) >= 11 is 1.67. The zero-order valence-electron chi connectivity index (χ0n) is 15.0. The maximum absolute atomic E-state index is 12.5. The topological polar surface area (TPSA) is 68.0 Å². The number of aromatic nitrogens is 2. The summed E-state index contributed by atoms with van der Waals surface area (Å²) in [6.07, 6.45) is 0. The Balaban J connectivity index is 1.67. The van der Waals surface area contributed by atoms with Crippen LogP contribution in [0.15, 0.2) is 57.9 Å². The number of carbonyl (C=O) groups excluding carboxylic acids is 1. The first-order valence-electron chi connectivity index (χ1n) is 8.46. The second kappa shape index (κ2) is 8.19. The summed E-state index contributed by atoms with van der Waals surface area (Å²) in [7, 11) is 0. The van der Waals surface area contributed by atoms with Gasteiger partial charge < -0.3 is 9.84 Å². The monoisotopic (exact) mass is 367 g/mol. The summed E-state index contributed by atoms with van der Waals surface area (Å²) in [5.41, 5.74) is 2.68. The van der Waals surface area contributed by atoms with Crippen LogP contribution < -0.4 is 5.32 Å². The molecule has 1 N–H and O–H groups in total. The molecule has 26 heavy (non-hydrogen) atoms. The van der Waals surface area contributed by atoms with Gasteiger partial charge in [0.2, 0.25) is 11.7 Å². The molecule has 3 aromatic rings. The molecule has 0 fully saturated rings. The van der Waals surface area contributed by atoms with Gasteiger partial charge in [-0.15, -0.1) is 11.8 Å². The van der Waals surface area contributed by atoms with Crippen molar-refractivity contribution < 1.29 is 9.32 Å². The summed E-state index contributed by atoms with van der Waals surface area (Å²) in [5, 5.41) is 7.25. The van der Waals surface area contributed by atoms with Gasteiger partial charge in [-0.25, -0.2) is 0 Å². The van der Waals surface area contributed by atoms with E-state index in [1.54, 1.807) is 11.8 Å². The zero-order chi connectivity index (χ0) is 18.5. The Labute approximate surface area is 157 Å². The highest BCUT2D eigenvalue weighted by Crippen LogP contribution is 2.26. The fourth-order valence-electron chi connectivity index (χ4n) is 2.49. The number of aryl methyl sites for hydroxylation is 1. The minimum absolute atomic E-state index is 0.149. The molecule has 3 rings (SSSR count). The molecule has 0 aliphatic heterocycles. The van der Waals surface area contributed by atoms with Crippen molar-refractivity contribution in [2.75, 3.05) is 0 Å². The second-order valence-corrected chi connectivity index (χ2v) is 7.84. The van der Waals surface area contributed by atoms with Crippen molar-refractivity contribution in [3.63, 3.8) is 0 Å². The minimum atomic E-state index is -0.149. The average Bonchev–Trinajstić information content (AvgIpc) is 3.09. The summed E-state index contributed by atoms with van der Waals surface area (Å²) < 4.78 is 5.26. The first-order chi connectivity index (χ1) is 12.5. The van der Waals surface area contributed by atoms with Crippen molar-refractivity contribution >= 4 is 17.7 Å². The Hall–Kier alpha value is -2.60. The molecule has 0 bridgehead atoms. The van der Waals surface area contributed by atoms with Crippen LogP contribution in [0.2, 0.25) is 0 Å². The van der Waals surface area contributed by atoms with Gasteiger partial charge in [-0.05, 0) is 25.1 Å². The average molecular weight is 367 g/mol. The number of carbonyl (C=O) groups is 1. The summed E-state index contributed by atoms with van der Waals surface area (Å²) in [6.45, 7) is 6.41. The number of thioether (sulfide) groups is 1.